The summed E-state index contributed by atoms with van der Waals surface area (Å²) in [4.78, 5) is 0. The van der Waals surface area contributed by atoms with Gasteiger partial charge >= 0.3 is 0 Å². The number of ether oxygens (including phenoxy) is 1. The number of nitrogens with one attached hydrogen (secondary N) is 1. The molecule has 1 rings (SSSR count). The predicted molar refractivity (Wildman–Crippen MR) is 69.0 cm³/mol. The Balaban J connectivity index is 2.90. The highest BCUT2D eigenvalue weighted by Crippen LogP contribution is 2.27. The van der Waals surface area contributed by atoms with Gasteiger partial charge in [-0.1, -0.05) is 11.6 Å². The van der Waals surface area contributed by atoms with Crippen LogP contribution in [0.1, 0.15) is 18.1 Å². The highest BCUT2D eigenvalue weighted by Gasteiger charge is 2.10. The van der Waals surface area contributed by atoms with E-state index in [2.05, 4.69) is 4.72 Å². The van der Waals surface area contributed by atoms with Crippen molar-refractivity contribution in [2.75, 3.05) is 12.9 Å². The minimum absolute atomic E-state index is 0.0654. The predicted octanol–water partition coefficient (Wildman–Crippen LogP) is 2.10. The second-order valence-corrected chi connectivity index (χ2v) is 6.14. The average Bonchev–Trinajstić information content (AvgIpc) is 2.29. The Kier molecular flexibility index (Phi) is 4.80. The van der Waals surface area contributed by atoms with Gasteiger partial charge in [0.2, 0.25) is 10.0 Å². The standard InChI is InChI=1S/C11H16ClNO3S/c1-4-17(14,15)13-7-9-6-10(12)11(16-3)5-8(9)2/h5-6,13H,4,7H2,1-3H3. The summed E-state index contributed by atoms with van der Waals surface area (Å²) in [6.45, 7) is 3.72. The number of halogens is 1. The lowest BCUT2D eigenvalue weighted by atomic mass is 10.1. The fourth-order valence-electron chi connectivity index (χ4n) is 1.33. The Hall–Kier alpha value is -0.780. The maximum atomic E-state index is 11.3. The number of methoxy groups -OCH3 is 1. The SMILES string of the molecule is CCS(=O)(=O)NCc1cc(Cl)c(OC)cc1C. The van der Waals surface area contributed by atoms with Crippen LogP contribution in [0, 0.1) is 6.92 Å². The van der Waals surface area contributed by atoms with Crippen molar-refractivity contribution >= 4 is 21.6 Å². The molecule has 1 N–H and O–H groups in total. The molecular formula is C11H16ClNO3S. The molecule has 0 spiro atoms. The van der Waals surface area contributed by atoms with Crippen LogP contribution in [0.15, 0.2) is 12.1 Å². The molecule has 0 fully saturated rings. The quantitative estimate of drug-likeness (QED) is 0.897. The van der Waals surface area contributed by atoms with E-state index >= 15 is 0 Å². The van der Waals surface area contributed by atoms with E-state index in [4.69, 9.17) is 16.3 Å². The first-order valence-electron chi connectivity index (χ1n) is 5.20. The van der Waals surface area contributed by atoms with E-state index in [1.54, 1.807) is 26.2 Å². The lowest BCUT2D eigenvalue weighted by Gasteiger charge is -2.11. The van der Waals surface area contributed by atoms with Gasteiger partial charge in [-0.25, -0.2) is 13.1 Å². The normalized spacial score (nSPS) is 11.5. The van der Waals surface area contributed by atoms with Gasteiger partial charge in [0.05, 0.1) is 17.9 Å². The van der Waals surface area contributed by atoms with Crippen molar-refractivity contribution in [1.29, 1.82) is 0 Å². The molecule has 0 saturated carbocycles. The zero-order valence-corrected chi connectivity index (χ0v) is 11.7. The zero-order valence-electron chi connectivity index (χ0n) is 10.1. The van der Waals surface area contributed by atoms with Gasteiger partial charge in [-0.3, -0.25) is 0 Å². The smallest absolute Gasteiger partial charge is 0.211 e. The second-order valence-electron chi connectivity index (χ2n) is 3.64. The van der Waals surface area contributed by atoms with Crippen LogP contribution in [0.4, 0.5) is 0 Å². The van der Waals surface area contributed by atoms with Crippen molar-refractivity contribution in [3.05, 3.63) is 28.3 Å². The molecule has 0 heterocycles. The Bertz CT molecular complexity index is 500. The summed E-state index contributed by atoms with van der Waals surface area (Å²) in [7, 11) is -1.65. The van der Waals surface area contributed by atoms with Crippen molar-refractivity contribution in [3.8, 4) is 5.75 Å². The molecule has 6 heteroatoms. The molecule has 4 nitrogen and oxygen atoms in total. The molecule has 0 radical (unpaired) electrons. The molecule has 0 aromatic heterocycles. The monoisotopic (exact) mass is 277 g/mol. The van der Waals surface area contributed by atoms with Crippen molar-refractivity contribution in [2.24, 2.45) is 0 Å². The zero-order chi connectivity index (χ0) is 13.1. The Morgan fingerprint density at radius 2 is 2.06 bits per heavy atom. The van der Waals surface area contributed by atoms with Gasteiger partial charge in [0.25, 0.3) is 0 Å². The molecular weight excluding hydrogens is 262 g/mol. The first kappa shape index (κ1) is 14.3. The van der Waals surface area contributed by atoms with E-state index in [1.807, 2.05) is 6.92 Å². The summed E-state index contributed by atoms with van der Waals surface area (Å²) in [5.74, 6) is 0.655. The van der Waals surface area contributed by atoms with E-state index in [-0.39, 0.29) is 12.3 Å². The third-order valence-corrected chi connectivity index (χ3v) is 4.11. The van der Waals surface area contributed by atoms with Crippen LogP contribution >= 0.6 is 11.6 Å². The third-order valence-electron chi connectivity index (χ3n) is 2.47. The van der Waals surface area contributed by atoms with Gasteiger partial charge in [0, 0.05) is 6.54 Å². The summed E-state index contributed by atoms with van der Waals surface area (Å²) in [5.41, 5.74) is 1.78. The fraction of sp³-hybridized carbons (Fsp3) is 0.455. The highest BCUT2D eigenvalue weighted by atomic mass is 35.5. The number of aryl methyl sites for hydroxylation is 1. The van der Waals surface area contributed by atoms with Crippen molar-refractivity contribution in [2.45, 2.75) is 20.4 Å². The van der Waals surface area contributed by atoms with Crippen LogP contribution in [0.5, 0.6) is 5.75 Å². The fourth-order valence-corrected chi connectivity index (χ4v) is 2.18. The molecule has 0 atom stereocenters. The lowest BCUT2D eigenvalue weighted by Crippen LogP contribution is -2.25. The first-order chi connectivity index (χ1) is 7.89. The van der Waals surface area contributed by atoms with Gasteiger partial charge in [-0.05, 0) is 37.1 Å². The van der Waals surface area contributed by atoms with Crippen LogP contribution in [0.25, 0.3) is 0 Å². The number of hydrogen-bond donors (Lipinski definition) is 1. The molecule has 1 aromatic carbocycles. The largest absolute Gasteiger partial charge is 0.495 e. The lowest BCUT2D eigenvalue weighted by molar-refractivity contribution is 0.414. The molecule has 0 amide bonds. The minimum Gasteiger partial charge on any atom is -0.495 e. The van der Waals surface area contributed by atoms with Crippen molar-refractivity contribution in [1.82, 2.24) is 4.72 Å². The number of benzene rings is 1. The average molecular weight is 278 g/mol. The van der Waals surface area contributed by atoms with Gasteiger partial charge < -0.3 is 4.74 Å². The molecule has 1 aromatic rings. The first-order valence-corrected chi connectivity index (χ1v) is 7.23. The molecule has 0 aliphatic carbocycles. The second kappa shape index (κ2) is 5.71. The molecule has 0 bridgehead atoms. The van der Waals surface area contributed by atoms with Crippen LogP contribution < -0.4 is 9.46 Å². The van der Waals surface area contributed by atoms with Crippen LogP contribution in [0.3, 0.4) is 0 Å². The summed E-state index contributed by atoms with van der Waals surface area (Å²) >= 11 is 5.98. The molecule has 0 aliphatic rings. The van der Waals surface area contributed by atoms with Gasteiger partial charge in [0.1, 0.15) is 5.75 Å². The number of hydrogen-bond acceptors (Lipinski definition) is 3. The van der Waals surface area contributed by atoms with Crippen molar-refractivity contribution in [3.63, 3.8) is 0 Å². The van der Waals surface area contributed by atoms with E-state index < -0.39 is 10.0 Å². The molecule has 0 unspecified atom stereocenters. The summed E-state index contributed by atoms with van der Waals surface area (Å²) in [6, 6.07) is 3.51. The van der Waals surface area contributed by atoms with Gasteiger partial charge in [0.15, 0.2) is 0 Å². The van der Waals surface area contributed by atoms with Crippen LogP contribution in [-0.2, 0) is 16.6 Å². The summed E-state index contributed by atoms with van der Waals surface area (Å²) < 4.78 is 30.2. The van der Waals surface area contributed by atoms with Crippen LogP contribution in [0.2, 0.25) is 5.02 Å². The van der Waals surface area contributed by atoms with Crippen LogP contribution in [-0.4, -0.2) is 21.3 Å². The number of rotatable bonds is 5. The molecule has 17 heavy (non-hydrogen) atoms. The molecule has 0 aliphatic heterocycles. The maximum Gasteiger partial charge on any atom is 0.211 e. The molecule has 96 valence electrons. The maximum absolute atomic E-state index is 11.3. The Labute approximate surface area is 107 Å². The van der Waals surface area contributed by atoms with Crippen molar-refractivity contribution < 1.29 is 13.2 Å². The van der Waals surface area contributed by atoms with E-state index in [9.17, 15) is 8.42 Å². The van der Waals surface area contributed by atoms with E-state index in [0.717, 1.165) is 11.1 Å². The van der Waals surface area contributed by atoms with E-state index in [1.165, 1.54) is 0 Å². The Morgan fingerprint density at radius 1 is 1.41 bits per heavy atom. The third kappa shape index (κ3) is 3.87. The molecule has 0 saturated heterocycles. The van der Waals surface area contributed by atoms with Gasteiger partial charge in [-0.15, -0.1) is 0 Å². The Morgan fingerprint density at radius 3 is 2.59 bits per heavy atom. The van der Waals surface area contributed by atoms with Gasteiger partial charge in [-0.2, -0.15) is 0 Å². The minimum atomic E-state index is -3.19. The summed E-state index contributed by atoms with van der Waals surface area (Å²) in [5, 5.41) is 0.476. The number of sulfonamides is 1. The topological polar surface area (TPSA) is 55.4 Å². The summed E-state index contributed by atoms with van der Waals surface area (Å²) in [6.07, 6.45) is 0. The highest BCUT2D eigenvalue weighted by molar-refractivity contribution is 7.89. The van der Waals surface area contributed by atoms with E-state index in [0.29, 0.717) is 10.8 Å².